The first kappa shape index (κ1) is 11.3. The maximum absolute atomic E-state index is 13.1. The highest BCUT2D eigenvalue weighted by Crippen LogP contribution is 2.24. The number of nitrogens with zero attached hydrogens (tertiary/aromatic N) is 1. The highest BCUT2D eigenvalue weighted by molar-refractivity contribution is 5.65. The zero-order valence-electron chi connectivity index (χ0n) is 8.83. The van der Waals surface area contributed by atoms with Crippen molar-refractivity contribution in [1.29, 1.82) is 0 Å². The summed E-state index contributed by atoms with van der Waals surface area (Å²) in [5.74, 6) is -2.01. The summed E-state index contributed by atoms with van der Waals surface area (Å²) in [6, 6.07) is 3.25. The minimum atomic E-state index is -1.01. The number of ether oxygens (including phenoxy) is 1. The van der Waals surface area contributed by atoms with Gasteiger partial charge in [0.15, 0.2) is 11.6 Å². The molecular formula is C11H8F2N2O2. The summed E-state index contributed by atoms with van der Waals surface area (Å²) in [5, 5.41) is 0. The van der Waals surface area contributed by atoms with Gasteiger partial charge in [0.1, 0.15) is 5.69 Å². The van der Waals surface area contributed by atoms with Crippen LogP contribution in [0.3, 0.4) is 0 Å². The Morgan fingerprint density at radius 2 is 2.06 bits per heavy atom. The molecule has 88 valence electrons. The van der Waals surface area contributed by atoms with E-state index in [1.165, 1.54) is 19.5 Å². The molecular weight excluding hydrogens is 230 g/mol. The van der Waals surface area contributed by atoms with Gasteiger partial charge in [-0.3, -0.25) is 4.79 Å². The molecule has 6 heteroatoms. The molecule has 4 nitrogen and oxygen atoms in total. The van der Waals surface area contributed by atoms with Gasteiger partial charge in [0, 0.05) is 5.56 Å². The van der Waals surface area contributed by atoms with Crippen LogP contribution in [0.4, 0.5) is 8.78 Å². The summed E-state index contributed by atoms with van der Waals surface area (Å²) in [6.45, 7) is 0. The lowest BCUT2D eigenvalue weighted by molar-refractivity contribution is 0.408. The van der Waals surface area contributed by atoms with Gasteiger partial charge in [-0.25, -0.2) is 13.8 Å². The van der Waals surface area contributed by atoms with E-state index in [1.807, 2.05) is 0 Å². The Hall–Kier alpha value is -2.24. The average Bonchev–Trinajstić information content (AvgIpc) is 2.32. The Morgan fingerprint density at radius 3 is 2.71 bits per heavy atom. The van der Waals surface area contributed by atoms with Gasteiger partial charge >= 0.3 is 0 Å². The fraction of sp³-hybridized carbons (Fsp3) is 0.0909. The number of hydrogen-bond donors (Lipinski definition) is 1. The summed E-state index contributed by atoms with van der Waals surface area (Å²) in [6.07, 6.45) is 1.17. The molecule has 1 heterocycles. The van der Waals surface area contributed by atoms with Crippen LogP contribution in [0.25, 0.3) is 11.3 Å². The third kappa shape index (κ3) is 2.01. The van der Waals surface area contributed by atoms with Crippen molar-refractivity contribution in [1.82, 2.24) is 9.97 Å². The molecule has 0 saturated carbocycles. The van der Waals surface area contributed by atoms with Crippen molar-refractivity contribution in [3.63, 3.8) is 0 Å². The molecule has 0 fully saturated rings. The average molecular weight is 238 g/mol. The molecule has 0 amide bonds. The number of halogens is 2. The zero-order chi connectivity index (χ0) is 12.4. The summed E-state index contributed by atoms with van der Waals surface area (Å²) in [7, 11) is 1.30. The molecule has 0 saturated heterocycles. The number of methoxy groups -OCH3 is 1. The van der Waals surface area contributed by atoms with Gasteiger partial charge in [-0.15, -0.1) is 0 Å². The SMILES string of the molecule is COc1c(-c2ccc(F)c(F)c2)nc[nH]c1=O. The number of nitrogens with one attached hydrogen (secondary N) is 1. The molecule has 1 aromatic carbocycles. The number of aromatic amines is 1. The number of rotatable bonds is 2. The lowest BCUT2D eigenvalue weighted by Crippen LogP contribution is -2.11. The first-order valence-electron chi connectivity index (χ1n) is 4.70. The summed E-state index contributed by atoms with van der Waals surface area (Å²) < 4.78 is 30.7. The summed E-state index contributed by atoms with van der Waals surface area (Å²) >= 11 is 0. The van der Waals surface area contributed by atoms with Crippen LogP contribution < -0.4 is 10.3 Å². The highest BCUT2D eigenvalue weighted by Gasteiger charge is 2.13. The predicted octanol–water partition coefficient (Wildman–Crippen LogP) is 1.72. The van der Waals surface area contributed by atoms with Gasteiger partial charge in [0.05, 0.1) is 13.4 Å². The van der Waals surface area contributed by atoms with E-state index >= 15 is 0 Å². The van der Waals surface area contributed by atoms with E-state index in [-0.39, 0.29) is 17.0 Å². The van der Waals surface area contributed by atoms with Crippen molar-refractivity contribution >= 4 is 0 Å². The molecule has 0 aliphatic rings. The quantitative estimate of drug-likeness (QED) is 0.866. The maximum Gasteiger partial charge on any atom is 0.293 e. The third-order valence-corrected chi connectivity index (χ3v) is 2.21. The van der Waals surface area contributed by atoms with E-state index < -0.39 is 17.2 Å². The minimum Gasteiger partial charge on any atom is -0.490 e. The topological polar surface area (TPSA) is 55.0 Å². The molecule has 0 aliphatic heterocycles. The Morgan fingerprint density at radius 1 is 1.29 bits per heavy atom. The second-order valence-corrected chi connectivity index (χ2v) is 3.24. The molecule has 0 spiro atoms. The van der Waals surface area contributed by atoms with Gasteiger partial charge in [-0.2, -0.15) is 0 Å². The monoisotopic (exact) mass is 238 g/mol. The number of hydrogen-bond acceptors (Lipinski definition) is 3. The lowest BCUT2D eigenvalue weighted by atomic mass is 10.1. The molecule has 0 bridgehead atoms. The van der Waals surface area contributed by atoms with Crippen molar-refractivity contribution in [2.45, 2.75) is 0 Å². The molecule has 1 aromatic heterocycles. The number of benzene rings is 1. The Kier molecular flexibility index (Phi) is 2.86. The smallest absolute Gasteiger partial charge is 0.293 e. The van der Waals surface area contributed by atoms with Crippen LogP contribution in [-0.2, 0) is 0 Å². The second-order valence-electron chi connectivity index (χ2n) is 3.24. The lowest BCUT2D eigenvalue weighted by Gasteiger charge is -2.06. The summed E-state index contributed by atoms with van der Waals surface area (Å²) in [4.78, 5) is 17.6. The van der Waals surface area contributed by atoms with Gasteiger partial charge < -0.3 is 9.72 Å². The van der Waals surface area contributed by atoms with Crippen LogP contribution in [0.1, 0.15) is 0 Å². The van der Waals surface area contributed by atoms with E-state index in [9.17, 15) is 13.6 Å². The van der Waals surface area contributed by atoms with Crippen molar-refractivity contribution in [2.24, 2.45) is 0 Å². The van der Waals surface area contributed by atoms with E-state index in [0.29, 0.717) is 0 Å². The van der Waals surface area contributed by atoms with E-state index in [1.54, 1.807) is 0 Å². The maximum atomic E-state index is 13.1. The molecule has 2 rings (SSSR count). The van der Waals surface area contributed by atoms with Gasteiger partial charge in [-0.1, -0.05) is 0 Å². The zero-order valence-corrected chi connectivity index (χ0v) is 8.83. The molecule has 0 radical (unpaired) electrons. The fourth-order valence-electron chi connectivity index (χ4n) is 1.43. The molecule has 2 aromatic rings. The molecule has 0 unspecified atom stereocenters. The summed E-state index contributed by atoms with van der Waals surface area (Å²) in [5.41, 5.74) is -0.0516. The Labute approximate surface area is 94.9 Å². The van der Waals surface area contributed by atoms with Crippen molar-refractivity contribution in [3.05, 3.63) is 46.5 Å². The molecule has 1 N–H and O–H groups in total. The molecule has 17 heavy (non-hydrogen) atoms. The van der Waals surface area contributed by atoms with Crippen LogP contribution in [0, 0.1) is 11.6 Å². The minimum absolute atomic E-state index is 0.0430. The van der Waals surface area contributed by atoms with Crippen LogP contribution >= 0.6 is 0 Å². The van der Waals surface area contributed by atoms with Gasteiger partial charge in [0.25, 0.3) is 5.56 Å². The standard InChI is InChI=1S/C11H8F2N2O2/c1-17-10-9(14-5-15-11(10)16)6-2-3-7(12)8(13)4-6/h2-5H,1H3,(H,14,15,16). The predicted molar refractivity (Wildman–Crippen MR) is 56.8 cm³/mol. The van der Waals surface area contributed by atoms with Crippen LogP contribution in [0.15, 0.2) is 29.3 Å². The fourth-order valence-corrected chi connectivity index (χ4v) is 1.43. The van der Waals surface area contributed by atoms with Crippen LogP contribution in [0.2, 0.25) is 0 Å². The van der Waals surface area contributed by atoms with Gasteiger partial charge in [-0.05, 0) is 18.2 Å². The second kappa shape index (κ2) is 4.32. The van der Waals surface area contributed by atoms with Gasteiger partial charge in [0.2, 0.25) is 5.75 Å². The Bertz CT molecular complexity index is 611. The van der Waals surface area contributed by atoms with E-state index in [4.69, 9.17) is 4.74 Å². The largest absolute Gasteiger partial charge is 0.490 e. The Balaban J connectivity index is 2.64. The highest BCUT2D eigenvalue weighted by atomic mass is 19.2. The first-order valence-corrected chi connectivity index (χ1v) is 4.70. The van der Waals surface area contributed by atoms with Crippen molar-refractivity contribution in [3.8, 4) is 17.0 Å². The first-order chi connectivity index (χ1) is 8.13. The van der Waals surface area contributed by atoms with Crippen molar-refractivity contribution in [2.75, 3.05) is 7.11 Å². The third-order valence-electron chi connectivity index (χ3n) is 2.21. The number of H-pyrrole nitrogens is 1. The molecule has 0 atom stereocenters. The van der Waals surface area contributed by atoms with Crippen LogP contribution in [-0.4, -0.2) is 17.1 Å². The normalized spacial score (nSPS) is 10.3. The van der Waals surface area contributed by atoms with E-state index in [2.05, 4.69) is 9.97 Å². The molecule has 0 aliphatic carbocycles. The number of aromatic nitrogens is 2. The van der Waals surface area contributed by atoms with E-state index in [0.717, 1.165) is 12.1 Å². The van der Waals surface area contributed by atoms with Crippen LogP contribution in [0.5, 0.6) is 5.75 Å². The van der Waals surface area contributed by atoms with Crippen molar-refractivity contribution < 1.29 is 13.5 Å².